The summed E-state index contributed by atoms with van der Waals surface area (Å²) in [6, 6.07) is 5.38. The molecule has 0 aliphatic heterocycles. The predicted octanol–water partition coefficient (Wildman–Crippen LogP) is 2.35. The molecule has 0 amide bonds. The van der Waals surface area contributed by atoms with E-state index in [9.17, 15) is 18.0 Å². The van der Waals surface area contributed by atoms with Crippen molar-refractivity contribution in [2.24, 2.45) is 0 Å². The van der Waals surface area contributed by atoms with Crippen LogP contribution in [0, 0.1) is 0 Å². The highest BCUT2D eigenvalue weighted by molar-refractivity contribution is 5.94. The molecule has 0 bridgehead atoms. The number of alkyl halides is 3. The Kier molecular flexibility index (Phi) is 2.45. The number of hydrogen-bond acceptors (Lipinski definition) is 3. The highest BCUT2D eigenvalue weighted by atomic mass is 19.4. The van der Waals surface area contributed by atoms with Crippen LogP contribution in [0.2, 0.25) is 0 Å². The molecule has 17 heavy (non-hydrogen) atoms. The minimum absolute atomic E-state index is 0.00447. The first-order valence-electron chi connectivity index (χ1n) is 4.47. The number of rotatable bonds is 1. The monoisotopic (exact) mass is 242 g/mol. The van der Waals surface area contributed by atoms with Crippen LogP contribution >= 0.6 is 0 Å². The number of halogens is 3. The first-order chi connectivity index (χ1) is 7.91. The van der Waals surface area contributed by atoms with Gasteiger partial charge < -0.3 is 5.11 Å². The van der Waals surface area contributed by atoms with Crippen LogP contribution in [0.15, 0.2) is 24.3 Å². The molecule has 1 N–H and O–H groups in total. The van der Waals surface area contributed by atoms with Gasteiger partial charge in [-0.3, -0.25) is 0 Å². The van der Waals surface area contributed by atoms with Crippen LogP contribution in [0.3, 0.4) is 0 Å². The van der Waals surface area contributed by atoms with E-state index in [2.05, 4.69) is 10.2 Å². The fourth-order valence-electron chi connectivity index (χ4n) is 1.49. The molecular weight excluding hydrogens is 237 g/mol. The number of aromatic carboxylic acids is 1. The zero-order chi connectivity index (χ0) is 12.6. The van der Waals surface area contributed by atoms with E-state index < -0.39 is 23.4 Å². The Hall–Kier alpha value is -2.18. The number of carboxylic acids is 1. The van der Waals surface area contributed by atoms with Gasteiger partial charge in [0.2, 0.25) is 0 Å². The Labute approximate surface area is 92.7 Å². The molecule has 1 aromatic heterocycles. The van der Waals surface area contributed by atoms with Gasteiger partial charge in [0.05, 0.1) is 11.1 Å². The van der Waals surface area contributed by atoms with Crippen molar-refractivity contribution in [3.63, 3.8) is 0 Å². The van der Waals surface area contributed by atoms with Gasteiger partial charge in [0.15, 0.2) is 5.69 Å². The number of hydrogen-bond donors (Lipinski definition) is 1. The average molecular weight is 242 g/mol. The van der Waals surface area contributed by atoms with E-state index in [-0.39, 0.29) is 10.9 Å². The summed E-state index contributed by atoms with van der Waals surface area (Å²) in [4.78, 5) is 10.7. The molecule has 0 saturated carbocycles. The maximum atomic E-state index is 12.8. The molecule has 0 saturated heterocycles. The fraction of sp³-hybridized carbons (Fsp3) is 0.100. The van der Waals surface area contributed by atoms with Gasteiger partial charge in [-0.25, -0.2) is 4.79 Å². The lowest BCUT2D eigenvalue weighted by Gasteiger charge is -2.11. The second-order valence-corrected chi connectivity index (χ2v) is 3.24. The molecule has 0 aliphatic rings. The second kappa shape index (κ2) is 3.69. The highest BCUT2D eigenvalue weighted by Gasteiger charge is 2.38. The summed E-state index contributed by atoms with van der Waals surface area (Å²) < 4.78 is 38.4. The lowest BCUT2D eigenvalue weighted by molar-refractivity contribution is -0.137. The second-order valence-electron chi connectivity index (χ2n) is 3.24. The van der Waals surface area contributed by atoms with Crippen molar-refractivity contribution in [2.75, 3.05) is 0 Å². The summed E-state index contributed by atoms with van der Waals surface area (Å²) in [7, 11) is 0. The zero-order valence-electron chi connectivity index (χ0n) is 8.19. The van der Waals surface area contributed by atoms with Crippen LogP contribution in [-0.4, -0.2) is 21.3 Å². The first kappa shape index (κ1) is 11.3. The normalized spacial score (nSPS) is 11.7. The third-order valence-electron chi connectivity index (χ3n) is 2.15. The number of fused-ring (bicyclic) bond motifs is 1. The van der Waals surface area contributed by atoms with E-state index >= 15 is 0 Å². The molecule has 88 valence electrons. The van der Waals surface area contributed by atoms with E-state index in [4.69, 9.17) is 5.11 Å². The van der Waals surface area contributed by atoms with Gasteiger partial charge in [-0.1, -0.05) is 18.2 Å². The van der Waals surface area contributed by atoms with Crippen molar-refractivity contribution in [2.45, 2.75) is 6.18 Å². The third kappa shape index (κ3) is 1.91. The van der Waals surface area contributed by atoms with Gasteiger partial charge >= 0.3 is 12.1 Å². The third-order valence-corrected chi connectivity index (χ3v) is 2.15. The van der Waals surface area contributed by atoms with Crippen molar-refractivity contribution in [1.29, 1.82) is 0 Å². The Morgan fingerprint density at radius 1 is 1.18 bits per heavy atom. The predicted molar refractivity (Wildman–Crippen MR) is 51.5 cm³/mol. The topological polar surface area (TPSA) is 63.1 Å². The van der Waals surface area contributed by atoms with Crippen LogP contribution in [-0.2, 0) is 6.18 Å². The minimum Gasteiger partial charge on any atom is -0.476 e. The number of benzene rings is 1. The van der Waals surface area contributed by atoms with Crippen molar-refractivity contribution in [3.05, 3.63) is 35.5 Å². The smallest absolute Gasteiger partial charge is 0.419 e. The van der Waals surface area contributed by atoms with Crippen molar-refractivity contribution in [1.82, 2.24) is 10.2 Å². The molecule has 0 atom stereocenters. The molecular formula is C10H5F3N2O2. The Morgan fingerprint density at radius 2 is 1.82 bits per heavy atom. The molecule has 0 aliphatic carbocycles. The first-order valence-corrected chi connectivity index (χ1v) is 4.47. The molecule has 0 unspecified atom stereocenters. The van der Waals surface area contributed by atoms with Gasteiger partial charge in [-0.05, 0) is 6.07 Å². The maximum absolute atomic E-state index is 12.8. The summed E-state index contributed by atoms with van der Waals surface area (Å²) in [5.41, 5.74) is -2.35. The van der Waals surface area contributed by atoms with E-state index in [0.29, 0.717) is 0 Å². The summed E-state index contributed by atoms with van der Waals surface area (Å²) in [5, 5.41) is 15.0. The van der Waals surface area contributed by atoms with Crippen LogP contribution in [0.5, 0.6) is 0 Å². The SMILES string of the molecule is O=C(O)c1nnc2ccccc2c1C(F)(F)F. The summed E-state index contributed by atoms with van der Waals surface area (Å²) in [5.74, 6) is -1.75. The summed E-state index contributed by atoms with van der Waals surface area (Å²) in [6.45, 7) is 0. The van der Waals surface area contributed by atoms with Gasteiger partial charge in [0.25, 0.3) is 0 Å². The average Bonchev–Trinajstić information content (AvgIpc) is 2.26. The van der Waals surface area contributed by atoms with E-state index in [0.717, 1.165) is 0 Å². The molecule has 4 nitrogen and oxygen atoms in total. The van der Waals surface area contributed by atoms with Crippen LogP contribution < -0.4 is 0 Å². The number of carbonyl (C=O) groups is 1. The van der Waals surface area contributed by atoms with Crippen LogP contribution in [0.1, 0.15) is 16.1 Å². The lowest BCUT2D eigenvalue weighted by atomic mass is 10.1. The fourth-order valence-corrected chi connectivity index (χ4v) is 1.49. The molecule has 0 radical (unpaired) electrons. The molecule has 0 fully saturated rings. The van der Waals surface area contributed by atoms with Crippen LogP contribution in [0.25, 0.3) is 10.9 Å². The highest BCUT2D eigenvalue weighted by Crippen LogP contribution is 2.35. The quantitative estimate of drug-likeness (QED) is 0.833. The molecule has 2 rings (SSSR count). The minimum atomic E-state index is -4.79. The van der Waals surface area contributed by atoms with Gasteiger partial charge in [0, 0.05) is 5.39 Å². The van der Waals surface area contributed by atoms with Crippen LogP contribution in [0.4, 0.5) is 13.2 Å². The summed E-state index contributed by atoms with van der Waals surface area (Å²) >= 11 is 0. The van der Waals surface area contributed by atoms with E-state index in [1.807, 2.05) is 0 Å². The van der Waals surface area contributed by atoms with Gasteiger partial charge in [-0.15, -0.1) is 10.2 Å². The Bertz CT molecular complexity index is 596. The molecule has 2 aromatic rings. The number of aromatic nitrogens is 2. The Morgan fingerprint density at radius 3 is 2.41 bits per heavy atom. The lowest BCUT2D eigenvalue weighted by Crippen LogP contribution is -2.16. The maximum Gasteiger partial charge on any atom is 0.419 e. The zero-order valence-corrected chi connectivity index (χ0v) is 8.19. The summed E-state index contributed by atoms with van der Waals surface area (Å²) in [6.07, 6.45) is -4.79. The molecule has 1 aromatic carbocycles. The van der Waals surface area contributed by atoms with E-state index in [1.54, 1.807) is 0 Å². The number of nitrogens with zero attached hydrogens (tertiary/aromatic N) is 2. The van der Waals surface area contributed by atoms with E-state index in [1.165, 1.54) is 24.3 Å². The van der Waals surface area contributed by atoms with Gasteiger partial charge in [0.1, 0.15) is 0 Å². The van der Waals surface area contributed by atoms with Crippen molar-refractivity contribution in [3.8, 4) is 0 Å². The van der Waals surface area contributed by atoms with Crippen molar-refractivity contribution >= 4 is 16.9 Å². The number of carboxylic acid groups (broad SMARTS) is 1. The molecule has 0 spiro atoms. The van der Waals surface area contributed by atoms with Gasteiger partial charge in [-0.2, -0.15) is 13.2 Å². The largest absolute Gasteiger partial charge is 0.476 e. The molecule has 1 heterocycles. The Balaban J connectivity index is 2.90. The molecule has 7 heteroatoms. The van der Waals surface area contributed by atoms with Crippen molar-refractivity contribution < 1.29 is 23.1 Å². The standard InChI is InChI=1S/C10H5F3N2O2/c11-10(12,13)7-5-3-1-2-4-6(5)14-15-8(7)9(16)17/h1-4H,(H,16,17).